The number of aryl methyl sites for hydroxylation is 3. The van der Waals surface area contributed by atoms with Crippen LogP contribution in [0.4, 0.5) is 0 Å². The minimum Gasteiger partial charge on any atom is -0.213 e. The van der Waals surface area contributed by atoms with Crippen LogP contribution in [-0.4, -0.2) is 46.5 Å². The van der Waals surface area contributed by atoms with E-state index in [0.29, 0.717) is 24.1 Å². The largest absolute Gasteiger partial charge is 0.241 e. The molecule has 1 aromatic rings. The molecule has 6 nitrogen and oxygen atoms in total. The smallest absolute Gasteiger partial charge is 0.213 e. The molecule has 1 aliphatic heterocycles. The molecular formula is C14H22N2O4S2. The van der Waals surface area contributed by atoms with Gasteiger partial charge in [0.25, 0.3) is 0 Å². The van der Waals surface area contributed by atoms with Crippen LogP contribution in [0.1, 0.15) is 23.1 Å². The summed E-state index contributed by atoms with van der Waals surface area (Å²) in [7, 11) is -6.94. The third-order valence-corrected chi connectivity index (χ3v) is 6.91. The van der Waals surface area contributed by atoms with Crippen molar-refractivity contribution < 1.29 is 16.8 Å². The SMILES string of the molecule is Cc1cc(C)c(S(=O)(=O)NC2CCN(S(C)(=O)=O)C2)c(C)c1. The summed E-state index contributed by atoms with van der Waals surface area (Å²) in [6.45, 7) is 5.99. The Bertz CT molecular complexity index is 762. The number of hydrogen-bond acceptors (Lipinski definition) is 4. The lowest BCUT2D eigenvalue weighted by Crippen LogP contribution is -2.38. The standard InChI is InChI=1S/C14H22N2O4S2/c1-10-7-11(2)14(12(3)8-10)22(19,20)15-13-5-6-16(9-13)21(4,17)18/h7-8,13,15H,5-6,9H2,1-4H3. The van der Waals surface area contributed by atoms with Gasteiger partial charge in [-0.3, -0.25) is 0 Å². The Kier molecular flexibility index (Phi) is 4.68. The third-order valence-electron chi connectivity index (χ3n) is 3.82. The Labute approximate surface area is 132 Å². The lowest BCUT2D eigenvalue weighted by atomic mass is 10.1. The fraction of sp³-hybridized carbons (Fsp3) is 0.571. The molecule has 1 heterocycles. The van der Waals surface area contributed by atoms with Gasteiger partial charge in [0.05, 0.1) is 11.2 Å². The summed E-state index contributed by atoms with van der Waals surface area (Å²) in [4.78, 5) is 0.288. The molecule has 1 N–H and O–H groups in total. The molecular weight excluding hydrogens is 324 g/mol. The lowest BCUT2D eigenvalue weighted by Gasteiger charge is -2.17. The first-order valence-electron chi connectivity index (χ1n) is 7.06. The molecule has 0 saturated carbocycles. The molecule has 22 heavy (non-hydrogen) atoms. The predicted molar refractivity (Wildman–Crippen MR) is 85.8 cm³/mol. The van der Waals surface area contributed by atoms with Gasteiger partial charge >= 0.3 is 0 Å². The maximum Gasteiger partial charge on any atom is 0.241 e. The van der Waals surface area contributed by atoms with E-state index in [2.05, 4.69) is 4.72 Å². The van der Waals surface area contributed by atoms with E-state index in [4.69, 9.17) is 0 Å². The molecule has 2 rings (SSSR count). The highest BCUT2D eigenvalue weighted by Gasteiger charge is 2.32. The number of sulfonamides is 2. The van der Waals surface area contributed by atoms with Crippen LogP contribution in [0, 0.1) is 20.8 Å². The zero-order valence-electron chi connectivity index (χ0n) is 13.3. The molecule has 1 aliphatic rings. The van der Waals surface area contributed by atoms with E-state index in [9.17, 15) is 16.8 Å². The van der Waals surface area contributed by atoms with Gasteiger partial charge in [0, 0.05) is 19.1 Å². The molecule has 0 spiro atoms. The first-order chi connectivity index (χ1) is 10.0. The van der Waals surface area contributed by atoms with Gasteiger partial charge in [0.2, 0.25) is 20.0 Å². The molecule has 1 fully saturated rings. The summed E-state index contributed by atoms with van der Waals surface area (Å²) < 4.78 is 52.2. The van der Waals surface area contributed by atoms with Gasteiger partial charge < -0.3 is 0 Å². The van der Waals surface area contributed by atoms with Gasteiger partial charge in [-0.2, -0.15) is 0 Å². The van der Waals surface area contributed by atoms with Gasteiger partial charge in [0.1, 0.15) is 0 Å². The third kappa shape index (κ3) is 3.68. The van der Waals surface area contributed by atoms with Crippen molar-refractivity contribution >= 4 is 20.0 Å². The Morgan fingerprint density at radius 1 is 1.09 bits per heavy atom. The van der Waals surface area contributed by atoms with E-state index in [1.54, 1.807) is 13.8 Å². The summed E-state index contributed by atoms with van der Waals surface area (Å²) in [6, 6.07) is 3.28. The summed E-state index contributed by atoms with van der Waals surface area (Å²) in [6.07, 6.45) is 1.62. The second-order valence-corrected chi connectivity index (χ2v) is 9.59. The molecule has 1 aromatic carbocycles. The summed E-state index contributed by atoms with van der Waals surface area (Å²) in [5, 5.41) is 0. The molecule has 1 saturated heterocycles. The Morgan fingerprint density at radius 2 is 1.64 bits per heavy atom. The van der Waals surface area contributed by atoms with Crippen LogP contribution in [0.3, 0.4) is 0 Å². The van der Waals surface area contributed by atoms with E-state index < -0.39 is 20.0 Å². The number of nitrogens with one attached hydrogen (secondary N) is 1. The minimum absolute atomic E-state index is 0.183. The molecule has 1 atom stereocenters. The fourth-order valence-electron chi connectivity index (χ4n) is 2.99. The van der Waals surface area contributed by atoms with E-state index >= 15 is 0 Å². The maximum absolute atomic E-state index is 12.6. The topological polar surface area (TPSA) is 83.6 Å². The number of nitrogens with zero attached hydrogens (tertiary/aromatic N) is 1. The van der Waals surface area contributed by atoms with Crippen molar-refractivity contribution in [3.8, 4) is 0 Å². The summed E-state index contributed by atoms with van der Waals surface area (Å²) in [5.41, 5.74) is 2.41. The van der Waals surface area contributed by atoms with Crippen LogP contribution in [0.15, 0.2) is 17.0 Å². The quantitative estimate of drug-likeness (QED) is 0.879. The highest BCUT2D eigenvalue weighted by atomic mass is 32.2. The normalized spacial score (nSPS) is 20.5. The molecule has 0 radical (unpaired) electrons. The highest BCUT2D eigenvalue weighted by molar-refractivity contribution is 7.89. The zero-order chi connectivity index (χ0) is 16.7. The first-order valence-corrected chi connectivity index (χ1v) is 10.4. The van der Waals surface area contributed by atoms with Crippen molar-refractivity contribution in [3.63, 3.8) is 0 Å². The van der Waals surface area contributed by atoms with E-state index in [1.165, 1.54) is 4.31 Å². The summed E-state index contributed by atoms with van der Waals surface area (Å²) >= 11 is 0. The Hall–Kier alpha value is -0.960. The molecule has 0 amide bonds. The average Bonchev–Trinajstić information content (AvgIpc) is 2.73. The van der Waals surface area contributed by atoms with Gasteiger partial charge in [-0.1, -0.05) is 17.7 Å². The molecule has 1 unspecified atom stereocenters. The number of rotatable bonds is 4. The van der Waals surface area contributed by atoms with Crippen molar-refractivity contribution in [1.82, 2.24) is 9.03 Å². The number of benzene rings is 1. The molecule has 0 bridgehead atoms. The lowest BCUT2D eigenvalue weighted by molar-refractivity contribution is 0.472. The van der Waals surface area contributed by atoms with Crippen molar-refractivity contribution in [1.29, 1.82) is 0 Å². The predicted octanol–water partition coefficient (Wildman–Crippen LogP) is 0.924. The zero-order valence-corrected chi connectivity index (χ0v) is 14.9. The van der Waals surface area contributed by atoms with Crippen LogP contribution < -0.4 is 4.72 Å². The van der Waals surface area contributed by atoms with Crippen molar-refractivity contribution in [2.24, 2.45) is 0 Å². The van der Waals surface area contributed by atoms with Crippen LogP contribution in [-0.2, 0) is 20.0 Å². The Morgan fingerprint density at radius 3 is 2.09 bits per heavy atom. The highest BCUT2D eigenvalue weighted by Crippen LogP contribution is 2.23. The van der Waals surface area contributed by atoms with E-state index in [0.717, 1.165) is 11.8 Å². The minimum atomic E-state index is -3.66. The van der Waals surface area contributed by atoms with Crippen LogP contribution in [0.2, 0.25) is 0 Å². The second kappa shape index (κ2) is 5.92. The van der Waals surface area contributed by atoms with E-state index in [-0.39, 0.29) is 17.5 Å². The van der Waals surface area contributed by atoms with E-state index in [1.807, 2.05) is 19.1 Å². The van der Waals surface area contributed by atoms with Crippen LogP contribution in [0.5, 0.6) is 0 Å². The van der Waals surface area contributed by atoms with Crippen molar-refractivity contribution in [2.75, 3.05) is 19.3 Å². The van der Waals surface area contributed by atoms with Crippen molar-refractivity contribution in [2.45, 2.75) is 38.1 Å². The van der Waals surface area contributed by atoms with Gasteiger partial charge in [-0.05, 0) is 38.3 Å². The van der Waals surface area contributed by atoms with Gasteiger partial charge in [-0.25, -0.2) is 25.9 Å². The van der Waals surface area contributed by atoms with Gasteiger partial charge in [-0.15, -0.1) is 0 Å². The first kappa shape index (κ1) is 17.4. The second-order valence-electron chi connectivity index (χ2n) is 5.96. The number of hydrogen-bond donors (Lipinski definition) is 1. The fourth-order valence-corrected chi connectivity index (χ4v) is 5.60. The summed E-state index contributed by atoms with van der Waals surface area (Å²) in [5.74, 6) is 0. The van der Waals surface area contributed by atoms with Crippen LogP contribution >= 0.6 is 0 Å². The molecule has 8 heteroatoms. The maximum atomic E-state index is 12.6. The van der Waals surface area contributed by atoms with Gasteiger partial charge in [0.15, 0.2) is 0 Å². The van der Waals surface area contributed by atoms with Crippen LogP contribution in [0.25, 0.3) is 0 Å². The molecule has 0 aliphatic carbocycles. The van der Waals surface area contributed by atoms with Crippen molar-refractivity contribution in [3.05, 3.63) is 28.8 Å². The monoisotopic (exact) mass is 346 g/mol. The Balaban J connectivity index is 2.24. The molecule has 124 valence electrons. The average molecular weight is 346 g/mol. The molecule has 0 aromatic heterocycles.